The van der Waals surface area contributed by atoms with Crippen molar-refractivity contribution in [3.05, 3.63) is 65.7 Å². The molecule has 1 N–H and O–H groups in total. The van der Waals surface area contributed by atoms with Crippen molar-refractivity contribution in [3.8, 4) is 11.4 Å². The largest absolute Gasteiger partial charge is 0.467 e. The number of methoxy groups -OCH3 is 1. The minimum Gasteiger partial charge on any atom is -0.467 e. The average Bonchev–Trinajstić information content (AvgIpc) is 3.21. The summed E-state index contributed by atoms with van der Waals surface area (Å²) in [6.07, 6.45) is 0.331. The van der Waals surface area contributed by atoms with Crippen molar-refractivity contribution in [1.82, 2.24) is 25.5 Å². The number of ether oxygens (including phenoxy) is 1. The molecule has 2 aromatic carbocycles. The van der Waals surface area contributed by atoms with E-state index < -0.39 is 17.9 Å². The van der Waals surface area contributed by atoms with Crippen molar-refractivity contribution in [2.45, 2.75) is 38.8 Å². The van der Waals surface area contributed by atoms with Gasteiger partial charge in [0.05, 0.1) is 7.11 Å². The van der Waals surface area contributed by atoms with Crippen molar-refractivity contribution in [1.29, 1.82) is 0 Å². The number of benzene rings is 2. The number of esters is 1. The number of nitrogens with zero attached hydrogens (tertiary/aromatic N) is 4. The SMILES string of the molecule is COC(=O)[C@H](Cc1ccccc1)NC(=O)Cn1nnc(-c2ccc(C(C)C)cc2)n1. The van der Waals surface area contributed by atoms with E-state index in [-0.39, 0.29) is 6.54 Å². The molecule has 0 bridgehead atoms. The van der Waals surface area contributed by atoms with E-state index in [0.717, 1.165) is 11.1 Å². The molecule has 8 nitrogen and oxygen atoms in total. The van der Waals surface area contributed by atoms with Crippen molar-refractivity contribution in [2.75, 3.05) is 7.11 Å². The zero-order chi connectivity index (χ0) is 21.5. The lowest BCUT2D eigenvalue weighted by atomic mass is 10.0. The van der Waals surface area contributed by atoms with Gasteiger partial charge in [0.2, 0.25) is 11.7 Å². The van der Waals surface area contributed by atoms with E-state index in [1.807, 2.05) is 54.6 Å². The Hall–Kier alpha value is -3.55. The first kappa shape index (κ1) is 21.2. The van der Waals surface area contributed by atoms with Gasteiger partial charge >= 0.3 is 5.97 Å². The predicted octanol–water partition coefficient (Wildman–Crippen LogP) is 2.36. The van der Waals surface area contributed by atoms with E-state index in [1.165, 1.54) is 17.5 Å². The fourth-order valence-corrected chi connectivity index (χ4v) is 3.00. The first-order chi connectivity index (χ1) is 14.5. The zero-order valence-corrected chi connectivity index (χ0v) is 17.3. The lowest BCUT2D eigenvalue weighted by molar-refractivity contribution is -0.145. The van der Waals surface area contributed by atoms with Crippen LogP contribution < -0.4 is 5.32 Å². The maximum Gasteiger partial charge on any atom is 0.328 e. The summed E-state index contributed by atoms with van der Waals surface area (Å²) in [5.41, 5.74) is 2.96. The topological polar surface area (TPSA) is 99.0 Å². The molecule has 0 radical (unpaired) electrons. The van der Waals surface area contributed by atoms with Crippen molar-refractivity contribution in [2.24, 2.45) is 0 Å². The highest BCUT2D eigenvalue weighted by Crippen LogP contribution is 2.19. The number of nitrogens with one attached hydrogen (secondary N) is 1. The molecule has 0 saturated carbocycles. The maximum absolute atomic E-state index is 12.5. The minimum absolute atomic E-state index is 0.153. The van der Waals surface area contributed by atoms with Gasteiger partial charge in [0.25, 0.3) is 0 Å². The second-order valence-corrected chi connectivity index (χ2v) is 7.25. The molecule has 3 aromatic rings. The number of amides is 1. The predicted molar refractivity (Wildman–Crippen MR) is 111 cm³/mol. The normalized spacial score (nSPS) is 11.9. The van der Waals surface area contributed by atoms with E-state index in [0.29, 0.717) is 18.2 Å². The zero-order valence-electron chi connectivity index (χ0n) is 17.3. The quantitative estimate of drug-likeness (QED) is 0.576. The molecule has 0 aliphatic carbocycles. The van der Waals surface area contributed by atoms with E-state index in [4.69, 9.17) is 4.74 Å². The van der Waals surface area contributed by atoms with Gasteiger partial charge in [-0.3, -0.25) is 4.79 Å². The Bertz CT molecular complexity index is 984. The van der Waals surface area contributed by atoms with E-state index in [9.17, 15) is 9.59 Å². The Morgan fingerprint density at radius 2 is 1.77 bits per heavy atom. The Kier molecular flexibility index (Phi) is 6.90. The summed E-state index contributed by atoms with van der Waals surface area (Å²) < 4.78 is 4.82. The molecular weight excluding hydrogens is 382 g/mol. The van der Waals surface area contributed by atoms with Crippen LogP contribution in [0.3, 0.4) is 0 Å². The van der Waals surface area contributed by atoms with Gasteiger partial charge in [-0.2, -0.15) is 4.80 Å². The van der Waals surface area contributed by atoms with Gasteiger partial charge in [0.1, 0.15) is 12.6 Å². The van der Waals surface area contributed by atoms with Crippen LogP contribution in [-0.2, 0) is 27.3 Å². The van der Waals surface area contributed by atoms with Crippen molar-refractivity contribution < 1.29 is 14.3 Å². The van der Waals surface area contributed by atoms with Gasteiger partial charge in [0, 0.05) is 12.0 Å². The van der Waals surface area contributed by atoms with Gasteiger partial charge in [-0.05, 0) is 22.3 Å². The molecule has 3 rings (SSSR count). The van der Waals surface area contributed by atoms with Gasteiger partial charge in [-0.15, -0.1) is 10.2 Å². The second-order valence-electron chi connectivity index (χ2n) is 7.25. The molecule has 1 aromatic heterocycles. The summed E-state index contributed by atoms with van der Waals surface area (Å²) >= 11 is 0. The van der Waals surface area contributed by atoms with Gasteiger partial charge in [-0.25, -0.2) is 4.79 Å². The lowest BCUT2D eigenvalue weighted by Crippen LogP contribution is -2.44. The molecule has 0 fully saturated rings. The average molecular weight is 407 g/mol. The smallest absolute Gasteiger partial charge is 0.328 e. The second kappa shape index (κ2) is 9.78. The van der Waals surface area contributed by atoms with Crippen molar-refractivity contribution in [3.63, 3.8) is 0 Å². The van der Waals surface area contributed by atoms with Gasteiger partial charge in [0.15, 0.2) is 0 Å². The number of tetrazole rings is 1. The summed E-state index contributed by atoms with van der Waals surface area (Å²) in [4.78, 5) is 25.7. The summed E-state index contributed by atoms with van der Waals surface area (Å²) in [5, 5.41) is 14.9. The molecule has 30 heavy (non-hydrogen) atoms. The summed E-state index contributed by atoms with van der Waals surface area (Å²) in [5.74, 6) is -0.0398. The van der Waals surface area contributed by atoms with Crippen LogP contribution in [0.2, 0.25) is 0 Å². The number of rotatable bonds is 8. The molecule has 0 unspecified atom stereocenters. The molecule has 0 spiro atoms. The third-order valence-corrected chi connectivity index (χ3v) is 4.68. The highest BCUT2D eigenvalue weighted by molar-refractivity contribution is 5.84. The Morgan fingerprint density at radius 3 is 2.40 bits per heavy atom. The summed E-state index contributed by atoms with van der Waals surface area (Å²) in [6.45, 7) is 4.10. The first-order valence-corrected chi connectivity index (χ1v) is 9.75. The van der Waals surface area contributed by atoms with Crippen LogP contribution in [-0.4, -0.2) is 45.2 Å². The monoisotopic (exact) mass is 407 g/mol. The van der Waals surface area contributed by atoms with Gasteiger partial charge < -0.3 is 10.1 Å². The van der Waals surface area contributed by atoms with Crippen LogP contribution in [0.5, 0.6) is 0 Å². The fourth-order valence-electron chi connectivity index (χ4n) is 3.00. The van der Waals surface area contributed by atoms with E-state index >= 15 is 0 Å². The molecule has 1 atom stereocenters. The van der Waals surface area contributed by atoms with Crippen LogP contribution >= 0.6 is 0 Å². The molecular formula is C22H25N5O3. The third-order valence-electron chi connectivity index (χ3n) is 4.68. The van der Waals surface area contributed by atoms with Crippen LogP contribution in [0.15, 0.2) is 54.6 Å². The number of aromatic nitrogens is 4. The maximum atomic E-state index is 12.5. The molecule has 0 saturated heterocycles. The lowest BCUT2D eigenvalue weighted by Gasteiger charge is -2.16. The van der Waals surface area contributed by atoms with Crippen LogP contribution in [0.25, 0.3) is 11.4 Å². The fraction of sp³-hybridized carbons (Fsp3) is 0.318. The highest BCUT2D eigenvalue weighted by Gasteiger charge is 2.22. The van der Waals surface area contributed by atoms with Crippen molar-refractivity contribution >= 4 is 11.9 Å². The number of carbonyl (C=O) groups is 2. The third kappa shape index (κ3) is 5.50. The highest BCUT2D eigenvalue weighted by atomic mass is 16.5. The minimum atomic E-state index is -0.795. The van der Waals surface area contributed by atoms with E-state index in [1.54, 1.807) is 0 Å². The molecule has 8 heteroatoms. The summed E-state index contributed by atoms with van der Waals surface area (Å²) in [7, 11) is 1.29. The number of hydrogen-bond donors (Lipinski definition) is 1. The van der Waals surface area contributed by atoms with Crippen LogP contribution in [0, 0.1) is 0 Å². The van der Waals surface area contributed by atoms with E-state index in [2.05, 4.69) is 34.6 Å². The Morgan fingerprint density at radius 1 is 1.07 bits per heavy atom. The molecule has 1 heterocycles. The molecule has 0 aliphatic heterocycles. The Labute approximate surface area is 175 Å². The number of carbonyl (C=O) groups excluding carboxylic acids is 2. The summed E-state index contributed by atoms with van der Waals surface area (Å²) in [6, 6.07) is 16.5. The standard InChI is InChI=1S/C22H25N5O3/c1-15(2)17-9-11-18(12-10-17)21-24-26-27(25-21)14-20(28)23-19(22(29)30-3)13-16-7-5-4-6-8-16/h4-12,15,19H,13-14H2,1-3H3,(H,23,28)/t19-/m0/s1. The van der Waals surface area contributed by atoms with Gasteiger partial charge in [-0.1, -0.05) is 68.4 Å². The molecule has 156 valence electrons. The van der Waals surface area contributed by atoms with Crippen LogP contribution in [0.4, 0.5) is 0 Å². The Balaban J connectivity index is 1.64. The molecule has 1 amide bonds. The molecule has 0 aliphatic rings. The first-order valence-electron chi connectivity index (χ1n) is 9.75. The van der Waals surface area contributed by atoms with Crippen LogP contribution in [0.1, 0.15) is 30.9 Å². The number of hydrogen-bond acceptors (Lipinski definition) is 6.